The molecule has 6 heteroatoms. The SMILES string of the molecule is Cc1cc(F)ccc1S(=O)(=O)NC[C@H]1CCCN1. The minimum atomic E-state index is -3.55. The number of halogens is 1. The predicted molar refractivity (Wildman–Crippen MR) is 67.4 cm³/mol. The van der Waals surface area contributed by atoms with Gasteiger partial charge in [-0.25, -0.2) is 17.5 Å². The third-order valence-electron chi connectivity index (χ3n) is 3.11. The topological polar surface area (TPSA) is 58.2 Å². The molecule has 1 aromatic rings. The van der Waals surface area contributed by atoms with Crippen molar-refractivity contribution in [1.82, 2.24) is 10.0 Å². The van der Waals surface area contributed by atoms with Gasteiger partial charge < -0.3 is 5.32 Å². The number of rotatable bonds is 4. The number of sulfonamides is 1. The lowest BCUT2D eigenvalue weighted by atomic mass is 10.2. The van der Waals surface area contributed by atoms with Crippen molar-refractivity contribution in [3.8, 4) is 0 Å². The van der Waals surface area contributed by atoms with Crippen LogP contribution < -0.4 is 10.0 Å². The molecule has 0 bridgehead atoms. The number of hydrogen-bond acceptors (Lipinski definition) is 3. The van der Waals surface area contributed by atoms with Crippen LogP contribution in [0.3, 0.4) is 0 Å². The minimum absolute atomic E-state index is 0.141. The molecule has 0 spiro atoms. The van der Waals surface area contributed by atoms with Crippen molar-refractivity contribution in [3.05, 3.63) is 29.6 Å². The Balaban J connectivity index is 2.09. The average molecular weight is 272 g/mol. The van der Waals surface area contributed by atoms with Gasteiger partial charge >= 0.3 is 0 Å². The zero-order chi connectivity index (χ0) is 13.2. The van der Waals surface area contributed by atoms with E-state index in [1.807, 2.05) is 0 Å². The first-order chi connectivity index (χ1) is 8.49. The van der Waals surface area contributed by atoms with Gasteiger partial charge in [0.2, 0.25) is 10.0 Å². The normalized spacial score (nSPS) is 20.2. The monoisotopic (exact) mass is 272 g/mol. The summed E-state index contributed by atoms with van der Waals surface area (Å²) in [6.07, 6.45) is 2.05. The molecule has 1 fully saturated rings. The number of benzene rings is 1. The molecule has 0 aliphatic carbocycles. The molecule has 0 radical (unpaired) electrons. The van der Waals surface area contributed by atoms with Gasteiger partial charge in [0.25, 0.3) is 0 Å². The zero-order valence-corrected chi connectivity index (χ0v) is 11.1. The van der Waals surface area contributed by atoms with E-state index in [1.54, 1.807) is 6.92 Å². The van der Waals surface area contributed by atoms with Gasteiger partial charge in [0.15, 0.2) is 0 Å². The van der Waals surface area contributed by atoms with Crippen molar-refractivity contribution < 1.29 is 12.8 Å². The van der Waals surface area contributed by atoms with E-state index in [0.717, 1.165) is 25.5 Å². The highest BCUT2D eigenvalue weighted by molar-refractivity contribution is 7.89. The smallest absolute Gasteiger partial charge is 0.240 e. The molecule has 0 amide bonds. The summed E-state index contributed by atoms with van der Waals surface area (Å²) in [6, 6.07) is 3.88. The van der Waals surface area contributed by atoms with Crippen molar-refractivity contribution in [2.24, 2.45) is 0 Å². The van der Waals surface area contributed by atoms with E-state index >= 15 is 0 Å². The molecule has 1 aromatic carbocycles. The molecule has 100 valence electrons. The molecule has 2 N–H and O–H groups in total. The van der Waals surface area contributed by atoms with E-state index in [1.165, 1.54) is 12.1 Å². The third kappa shape index (κ3) is 3.07. The van der Waals surface area contributed by atoms with Crippen molar-refractivity contribution in [2.75, 3.05) is 13.1 Å². The molecule has 1 heterocycles. The summed E-state index contributed by atoms with van der Waals surface area (Å²) in [5.74, 6) is -0.427. The summed E-state index contributed by atoms with van der Waals surface area (Å²) in [5.41, 5.74) is 0.418. The van der Waals surface area contributed by atoms with Crippen LogP contribution in [0.15, 0.2) is 23.1 Å². The van der Waals surface area contributed by atoms with Gasteiger partial charge in [-0.3, -0.25) is 0 Å². The van der Waals surface area contributed by atoms with Crippen molar-refractivity contribution in [2.45, 2.75) is 30.7 Å². The van der Waals surface area contributed by atoms with Gasteiger partial charge in [0, 0.05) is 12.6 Å². The van der Waals surface area contributed by atoms with Crippen molar-refractivity contribution in [3.63, 3.8) is 0 Å². The van der Waals surface area contributed by atoms with Crippen LogP contribution in [0.1, 0.15) is 18.4 Å². The Morgan fingerprint density at radius 2 is 2.28 bits per heavy atom. The van der Waals surface area contributed by atoms with E-state index in [9.17, 15) is 12.8 Å². The molecule has 2 rings (SSSR count). The van der Waals surface area contributed by atoms with E-state index in [2.05, 4.69) is 10.0 Å². The van der Waals surface area contributed by atoms with E-state index in [4.69, 9.17) is 0 Å². The van der Waals surface area contributed by atoms with Crippen LogP contribution in [0.4, 0.5) is 4.39 Å². The molecular formula is C12H17FN2O2S. The lowest BCUT2D eigenvalue weighted by molar-refractivity contribution is 0.551. The molecule has 1 aliphatic rings. The van der Waals surface area contributed by atoms with E-state index < -0.39 is 15.8 Å². The summed E-state index contributed by atoms with van der Waals surface area (Å²) < 4.78 is 39.6. The minimum Gasteiger partial charge on any atom is -0.313 e. The summed E-state index contributed by atoms with van der Waals surface area (Å²) in [4.78, 5) is 0.141. The number of nitrogens with one attached hydrogen (secondary N) is 2. The largest absolute Gasteiger partial charge is 0.313 e. The first-order valence-corrected chi connectivity index (χ1v) is 7.46. The lowest BCUT2D eigenvalue weighted by Gasteiger charge is -2.13. The van der Waals surface area contributed by atoms with Crippen LogP contribution >= 0.6 is 0 Å². The molecule has 1 aliphatic heterocycles. The summed E-state index contributed by atoms with van der Waals surface area (Å²) in [7, 11) is -3.55. The third-order valence-corrected chi connectivity index (χ3v) is 4.69. The van der Waals surface area contributed by atoms with Gasteiger partial charge in [-0.2, -0.15) is 0 Å². The number of hydrogen-bond donors (Lipinski definition) is 2. The molecule has 4 nitrogen and oxygen atoms in total. The first-order valence-electron chi connectivity index (χ1n) is 5.98. The van der Waals surface area contributed by atoms with Gasteiger partial charge in [-0.05, 0) is 50.1 Å². The zero-order valence-electron chi connectivity index (χ0n) is 10.2. The Morgan fingerprint density at radius 1 is 1.50 bits per heavy atom. The standard InChI is InChI=1S/C12H17FN2O2S/c1-9-7-10(13)4-5-12(9)18(16,17)15-8-11-3-2-6-14-11/h4-5,7,11,14-15H,2-3,6,8H2,1H3/t11-/m1/s1. The summed E-state index contributed by atoms with van der Waals surface area (Å²) >= 11 is 0. The van der Waals surface area contributed by atoms with Crippen LogP contribution in [-0.4, -0.2) is 27.5 Å². The van der Waals surface area contributed by atoms with Crippen LogP contribution in [0.25, 0.3) is 0 Å². The maximum absolute atomic E-state index is 12.9. The second-order valence-electron chi connectivity index (χ2n) is 4.55. The molecule has 0 saturated carbocycles. The predicted octanol–water partition coefficient (Wildman–Crippen LogP) is 1.16. The Labute approximate surface area is 107 Å². The summed E-state index contributed by atoms with van der Waals surface area (Å²) in [5, 5.41) is 3.22. The van der Waals surface area contributed by atoms with E-state index in [-0.39, 0.29) is 10.9 Å². The number of aryl methyl sites for hydroxylation is 1. The quantitative estimate of drug-likeness (QED) is 0.865. The van der Waals surface area contributed by atoms with Crippen LogP contribution in [-0.2, 0) is 10.0 Å². The van der Waals surface area contributed by atoms with Crippen molar-refractivity contribution in [1.29, 1.82) is 0 Å². The Bertz CT molecular complexity index is 525. The molecule has 18 heavy (non-hydrogen) atoms. The molecular weight excluding hydrogens is 255 g/mol. The highest BCUT2D eigenvalue weighted by Crippen LogP contribution is 2.16. The second-order valence-corrected chi connectivity index (χ2v) is 6.29. The molecule has 0 unspecified atom stereocenters. The Hall–Kier alpha value is -0.980. The van der Waals surface area contributed by atoms with E-state index in [0.29, 0.717) is 12.1 Å². The second kappa shape index (κ2) is 5.34. The first kappa shape index (κ1) is 13.5. The fourth-order valence-corrected chi connectivity index (χ4v) is 3.44. The Morgan fingerprint density at radius 3 is 2.89 bits per heavy atom. The Kier molecular flexibility index (Phi) is 3.99. The molecule has 1 atom stereocenters. The van der Waals surface area contributed by atoms with Crippen LogP contribution in [0, 0.1) is 12.7 Å². The highest BCUT2D eigenvalue weighted by Gasteiger charge is 2.20. The van der Waals surface area contributed by atoms with Gasteiger partial charge in [-0.15, -0.1) is 0 Å². The van der Waals surface area contributed by atoms with Gasteiger partial charge in [0.05, 0.1) is 4.90 Å². The average Bonchev–Trinajstić information content (AvgIpc) is 2.78. The molecule has 0 aromatic heterocycles. The molecule has 1 saturated heterocycles. The van der Waals surface area contributed by atoms with Gasteiger partial charge in [-0.1, -0.05) is 0 Å². The fraction of sp³-hybridized carbons (Fsp3) is 0.500. The highest BCUT2D eigenvalue weighted by atomic mass is 32.2. The maximum atomic E-state index is 12.9. The van der Waals surface area contributed by atoms with Crippen LogP contribution in [0.2, 0.25) is 0 Å². The van der Waals surface area contributed by atoms with Crippen LogP contribution in [0.5, 0.6) is 0 Å². The summed E-state index contributed by atoms with van der Waals surface area (Å²) in [6.45, 7) is 2.90. The van der Waals surface area contributed by atoms with Gasteiger partial charge in [0.1, 0.15) is 5.82 Å². The maximum Gasteiger partial charge on any atom is 0.240 e. The fourth-order valence-electron chi connectivity index (χ4n) is 2.13. The van der Waals surface area contributed by atoms with Crippen molar-refractivity contribution >= 4 is 10.0 Å². The lowest BCUT2D eigenvalue weighted by Crippen LogP contribution is -2.37.